The molecule has 0 unspecified atom stereocenters. The minimum absolute atomic E-state index is 0.0678. The van der Waals surface area contributed by atoms with Gasteiger partial charge in [-0.25, -0.2) is 13.2 Å². The van der Waals surface area contributed by atoms with Crippen molar-refractivity contribution in [3.63, 3.8) is 0 Å². The number of aromatic nitrogens is 3. The fourth-order valence-corrected chi connectivity index (χ4v) is 14.9. The number of rotatable bonds is 13. The first-order valence-electron chi connectivity index (χ1n) is 20.8. The molecule has 0 bridgehead atoms. The molecule has 5 aromatic rings. The summed E-state index contributed by atoms with van der Waals surface area (Å²) < 4.78 is 66.2. The van der Waals surface area contributed by atoms with Crippen LogP contribution in [-0.4, -0.2) is 71.9 Å². The van der Waals surface area contributed by atoms with Gasteiger partial charge in [-0.05, 0) is 71.6 Å². The van der Waals surface area contributed by atoms with Crippen LogP contribution in [0.4, 0.5) is 13.2 Å². The van der Waals surface area contributed by atoms with Gasteiger partial charge in [0.15, 0.2) is 5.82 Å². The first kappa shape index (κ1) is 42.1. The number of halogens is 3. The molecule has 2 saturated heterocycles. The lowest BCUT2D eigenvalue weighted by Crippen LogP contribution is -2.43. The Labute approximate surface area is 345 Å². The van der Waals surface area contributed by atoms with Crippen molar-refractivity contribution in [1.29, 1.82) is 0 Å². The zero-order chi connectivity index (χ0) is 42.1. The molecule has 59 heavy (non-hydrogen) atoms. The van der Waals surface area contributed by atoms with Gasteiger partial charge in [0.25, 0.3) is 0 Å². The van der Waals surface area contributed by atoms with Crippen molar-refractivity contribution in [2.24, 2.45) is 0 Å². The van der Waals surface area contributed by atoms with E-state index >= 15 is 8.78 Å². The number of carbonyl (C=O) groups is 1. The van der Waals surface area contributed by atoms with Crippen LogP contribution in [0.2, 0.25) is 16.6 Å². The lowest BCUT2D eigenvalue weighted by Gasteiger charge is -2.38. The molecule has 0 saturated carbocycles. The minimum atomic E-state index is -2.33. The van der Waals surface area contributed by atoms with Crippen molar-refractivity contribution in [2.45, 2.75) is 109 Å². The van der Waals surface area contributed by atoms with Crippen LogP contribution in [0.1, 0.15) is 84.4 Å². The summed E-state index contributed by atoms with van der Waals surface area (Å²) in [6, 6.07) is 15.8. The number of pyridine rings is 1. The second-order valence-corrected chi connectivity index (χ2v) is 22.5. The Morgan fingerprint density at radius 2 is 1.73 bits per heavy atom. The summed E-state index contributed by atoms with van der Waals surface area (Å²) in [5.74, 6) is 1.57. The molecule has 2 atom stereocenters. The zero-order valence-corrected chi connectivity index (χ0v) is 36.0. The summed E-state index contributed by atoms with van der Waals surface area (Å²) in [5.41, 5.74) is 5.60. The fourth-order valence-electron chi connectivity index (χ4n) is 9.64. The average Bonchev–Trinajstić information content (AvgIpc) is 3.73. The number of ether oxygens (including phenoxy) is 3. The van der Waals surface area contributed by atoms with Gasteiger partial charge in [-0.15, -0.1) is 5.54 Å². The zero-order valence-electron chi connectivity index (χ0n) is 35.0. The number of carbonyl (C=O) groups excluding carboxylic acids is 1. The smallest absolute Gasteiger partial charge is 0.320 e. The maximum atomic E-state index is 17.5. The fraction of sp³-hybridized carbons (Fsp3) is 0.447. The van der Waals surface area contributed by atoms with E-state index in [4.69, 9.17) is 14.2 Å². The molecule has 8 nitrogen and oxygen atoms in total. The summed E-state index contributed by atoms with van der Waals surface area (Å²) in [5, 5.41) is 1.16. The topological polar surface area (TPSA) is 86.7 Å². The normalized spacial score (nSPS) is 18.2. The first-order chi connectivity index (χ1) is 28.3. The Morgan fingerprint density at radius 3 is 2.44 bits per heavy atom. The van der Waals surface area contributed by atoms with Crippen molar-refractivity contribution in [2.75, 3.05) is 26.3 Å². The molecule has 3 aromatic carbocycles. The van der Waals surface area contributed by atoms with E-state index in [9.17, 15) is 9.18 Å². The highest BCUT2D eigenvalue weighted by Crippen LogP contribution is 2.43. The van der Waals surface area contributed by atoms with Crippen molar-refractivity contribution >= 4 is 35.7 Å². The van der Waals surface area contributed by atoms with Crippen molar-refractivity contribution < 1.29 is 32.2 Å². The summed E-state index contributed by atoms with van der Waals surface area (Å²) in [6.07, 6.45) is 2.43. The summed E-state index contributed by atoms with van der Waals surface area (Å²) in [7, 11) is -2.33. The number of benzene rings is 3. The van der Waals surface area contributed by atoms with Crippen LogP contribution < -0.4 is 9.47 Å². The van der Waals surface area contributed by atoms with E-state index in [0.29, 0.717) is 45.9 Å². The second-order valence-electron chi connectivity index (χ2n) is 16.9. The second kappa shape index (κ2) is 17.3. The standard InChI is InChI=1S/C47H53F3N4O4Si/c1-8-56-40(55)23-33-21-34-15-16-39(49)36(17-20-59(29(2)3,30(4)5)31(6)7)41(34)37(22-33)43-42(50)44-38(25-51-43)45(57-27-32-13-10-9-11-14-32)53-46(52-44)58-28-47-18-12-19-54(47)26-35(48)24-47/h9-11,13-16,21-22,25,29-31,35H,8,12,18-19,23-24,26-28H2,1-7H3/t35-,47+/m1/s1. The van der Waals surface area contributed by atoms with E-state index in [1.165, 1.54) is 12.3 Å². The SMILES string of the molecule is CCOC(=O)Cc1cc(-c2ncc3c(OCc4ccccc4)nc(OC[C@@]45CCCN4C[C@H](F)C5)nc3c2F)c2c(C#C[Si](C(C)C)(C(C)C)C(C)C)c(F)ccc2c1. The highest BCUT2D eigenvalue weighted by Gasteiger charge is 2.49. The molecule has 0 aliphatic carbocycles. The Hall–Kier alpha value is -4.99. The minimum Gasteiger partial charge on any atom is -0.472 e. The molecular weight excluding hydrogens is 770 g/mol. The third kappa shape index (κ3) is 8.29. The molecule has 7 rings (SSSR count). The van der Waals surface area contributed by atoms with Crippen LogP contribution in [0, 0.1) is 23.1 Å². The van der Waals surface area contributed by atoms with Crippen molar-refractivity contribution in [3.8, 4) is 34.6 Å². The van der Waals surface area contributed by atoms with E-state index in [0.717, 1.165) is 24.9 Å². The number of esters is 1. The first-order valence-corrected chi connectivity index (χ1v) is 23.0. The molecule has 0 amide bonds. The summed E-state index contributed by atoms with van der Waals surface area (Å²) >= 11 is 0. The molecule has 2 aromatic heterocycles. The van der Waals surface area contributed by atoms with Gasteiger partial charge in [0.1, 0.15) is 44.5 Å². The lowest BCUT2D eigenvalue weighted by atomic mass is 9.93. The van der Waals surface area contributed by atoms with Crippen molar-refractivity contribution in [1.82, 2.24) is 19.9 Å². The van der Waals surface area contributed by atoms with Crippen LogP contribution >= 0.6 is 0 Å². The van der Waals surface area contributed by atoms with Crippen LogP contribution in [0.25, 0.3) is 32.9 Å². The molecule has 0 radical (unpaired) electrons. The van der Waals surface area contributed by atoms with Crippen LogP contribution in [0.15, 0.2) is 60.8 Å². The monoisotopic (exact) mass is 822 g/mol. The molecule has 2 fully saturated rings. The Balaban J connectivity index is 1.42. The third-order valence-corrected chi connectivity index (χ3v) is 18.7. The van der Waals surface area contributed by atoms with Gasteiger partial charge in [0.2, 0.25) is 5.88 Å². The molecule has 4 heterocycles. The Morgan fingerprint density at radius 1 is 0.983 bits per heavy atom. The number of alkyl halides is 1. The largest absolute Gasteiger partial charge is 0.472 e. The van der Waals surface area contributed by atoms with Gasteiger partial charge in [-0.1, -0.05) is 89.9 Å². The summed E-state index contributed by atoms with van der Waals surface area (Å²) in [6.45, 7) is 16.5. The van der Waals surface area contributed by atoms with Crippen LogP contribution in [0.5, 0.6) is 11.9 Å². The number of nitrogens with zero attached hydrogens (tertiary/aromatic N) is 4. The average molecular weight is 823 g/mol. The number of hydrogen-bond acceptors (Lipinski definition) is 8. The number of fused-ring (bicyclic) bond motifs is 3. The van der Waals surface area contributed by atoms with Gasteiger partial charge in [0, 0.05) is 30.1 Å². The number of hydrogen-bond donors (Lipinski definition) is 0. The van der Waals surface area contributed by atoms with Gasteiger partial charge in [0.05, 0.1) is 29.5 Å². The van der Waals surface area contributed by atoms with E-state index in [1.54, 1.807) is 25.1 Å². The van der Waals surface area contributed by atoms with Gasteiger partial charge in [-0.2, -0.15) is 9.97 Å². The van der Waals surface area contributed by atoms with Gasteiger partial charge >= 0.3 is 12.0 Å². The lowest BCUT2D eigenvalue weighted by molar-refractivity contribution is -0.142. The molecule has 310 valence electrons. The van der Waals surface area contributed by atoms with E-state index in [1.807, 2.05) is 30.3 Å². The van der Waals surface area contributed by atoms with E-state index in [-0.39, 0.29) is 65.9 Å². The third-order valence-electron chi connectivity index (χ3n) is 12.4. The van der Waals surface area contributed by atoms with Gasteiger partial charge in [-0.3, -0.25) is 14.7 Å². The van der Waals surface area contributed by atoms with Crippen LogP contribution in [0.3, 0.4) is 0 Å². The predicted octanol–water partition coefficient (Wildman–Crippen LogP) is 10.3. The quantitative estimate of drug-likeness (QED) is 0.0659. The van der Waals surface area contributed by atoms with Crippen LogP contribution in [-0.2, 0) is 22.6 Å². The highest BCUT2D eigenvalue weighted by molar-refractivity contribution is 6.90. The maximum Gasteiger partial charge on any atom is 0.320 e. The van der Waals surface area contributed by atoms with E-state index < -0.39 is 37.4 Å². The predicted molar refractivity (Wildman–Crippen MR) is 228 cm³/mol. The molecule has 2 aliphatic rings. The van der Waals surface area contributed by atoms with Crippen molar-refractivity contribution in [3.05, 3.63) is 89.1 Å². The molecule has 2 aliphatic heterocycles. The Bertz CT molecular complexity index is 2400. The van der Waals surface area contributed by atoms with Gasteiger partial charge < -0.3 is 14.2 Å². The molecular formula is C47H53F3N4O4Si. The Kier molecular flexibility index (Phi) is 12.4. The maximum absolute atomic E-state index is 17.5. The van der Waals surface area contributed by atoms with E-state index in [2.05, 4.69) is 72.9 Å². The molecule has 12 heteroatoms. The molecule has 0 N–H and O–H groups in total. The summed E-state index contributed by atoms with van der Waals surface area (Å²) in [4.78, 5) is 28.7. The highest BCUT2D eigenvalue weighted by atomic mass is 28.3. The molecule has 0 spiro atoms.